The topological polar surface area (TPSA) is 83.7 Å². The van der Waals surface area contributed by atoms with E-state index in [9.17, 15) is 10.5 Å². The lowest BCUT2D eigenvalue weighted by molar-refractivity contribution is 0.669. The SMILES string of the molecule is N#Cc1cc(-c2cc(C#N)cc(-n3c4ccccc4c4ccc5oc6ccccc6c5c43)c2)cc(-n2c3ccccc3c3ccc4oc5ccccc5c4c32)c1. The summed E-state index contributed by atoms with van der Waals surface area (Å²) < 4.78 is 17.2. The summed E-state index contributed by atoms with van der Waals surface area (Å²) in [5, 5.41) is 29.5. The second-order valence-electron chi connectivity index (χ2n) is 14.3. The van der Waals surface area contributed by atoms with Crippen molar-refractivity contribution in [2.75, 3.05) is 0 Å². The number of aromatic nitrogens is 2. The third-order valence-electron chi connectivity index (χ3n) is 11.3. The second kappa shape index (κ2) is 11.2. The molecule has 0 bridgehead atoms. The molecule has 0 atom stereocenters. The molecule has 0 unspecified atom stereocenters. The summed E-state index contributed by atoms with van der Waals surface area (Å²) >= 11 is 0. The molecule has 12 aromatic rings. The van der Waals surface area contributed by atoms with Crippen LogP contribution >= 0.6 is 0 Å². The lowest BCUT2D eigenvalue weighted by atomic mass is 9.99. The molecule has 0 aliphatic rings. The summed E-state index contributed by atoms with van der Waals surface area (Å²) in [4.78, 5) is 0. The number of hydrogen-bond acceptors (Lipinski definition) is 4. The predicted octanol–water partition coefficient (Wildman–Crippen LogP) is 13.1. The Labute approximate surface area is 318 Å². The molecule has 4 aromatic heterocycles. The first-order valence-corrected chi connectivity index (χ1v) is 18.5. The van der Waals surface area contributed by atoms with Gasteiger partial charge in [0.2, 0.25) is 0 Å². The molecule has 12 rings (SSSR count). The zero-order valence-corrected chi connectivity index (χ0v) is 29.6. The Morgan fingerprint density at radius 2 is 0.786 bits per heavy atom. The highest BCUT2D eigenvalue weighted by atomic mass is 16.3. The van der Waals surface area contributed by atoms with E-state index in [0.717, 1.165) is 110 Å². The molecule has 0 saturated heterocycles. The van der Waals surface area contributed by atoms with E-state index in [1.54, 1.807) is 0 Å². The maximum absolute atomic E-state index is 10.5. The summed E-state index contributed by atoms with van der Waals surface area (Å²) in [6.45, 7) is 0. The van der Waals surface area contributed by atoms with Crippen LogP contribution in [0.3, 0.4) is 0 Å². The van der Waals surface area contributed by atoms with Crippen molar-refractivity contribution in [2.45, 2.75) is 0 Å². The normalized spacial score (nSPS) is 11.9. The number of furan rings is 2. The molecule has 0 fully saturated rings. The van der Waals surface area contributed by atoms with E-state index in [1.165, 1.54) is 0 Å². The van der Waals surface area contributed by atoms with Gasteiger partial charge in [0.1, 0.15) is 22.3 Å². The number of nitriles is 2. The van der Waals surface area contributed by atoms with E-state index >= 15 is 0 Å². The van der Waals surface area contributed by atoms with Gasteiger partial charge in [0.25, 0.3) is 0 Å². The zero-order valence-electron chi connectivity index (χ0n) is 29.6. The Hall–Kier alpha value is -8.06. The van der Waals surface area contributed by atoms with Crippen molar-refractivity contribution in [3.63, 3.8) is 0 Å². The Kier molecular flexibility index (Phi) is 6.10. The van der Waals surface area contributed by atoms with E-state index in [-0.39, 0.29) is 0 Å². The third kappa shape index (κ3) is 4.13. The number of benzene rings is 8. The van der Waals surface area contributed by atoms with E-state index in [2.05, 4.69) is 106 Å². The molecular formula is C50H26N4O2. The van der Waals surface area contributed by atoms with Crippen molar-refractivity contribution in [2.24, 2.45) is 0 Å². The predicted molar refractivity (Wildman–Crippen MR) is 225 cm³/mol. The average Bonchev–Trinajstić information content (AvgIpc) is 4.00. The van der Waals surface area contributed by atoms with Crippen molar-refractivity contribution in [3.8, 4) is 34.6 Å². The molecule has 0 spiro atoms. The highest BCUT2D eigenvalue weighted by Crippen LogP contribution is 2.43. The third-order valence-corrected chi connectivity index (χ3v) is 11.3. The lowest BCUT2D eigenvalue weighted by Crippen LogP contribution is -1.98. The number of fused-ring (bicyclic) bond motifs is 14. The van der Waals surface area contributed by atoms with Crippen LogP contribution in [0.1, 0.15) is 11.1 Å². The molecule has 258 valence electrons. The molecule has 0 N–H and O–H groups in total. The molecule has 6 nitrogen and oxygen atoms in total. The first-order valence-electron chi connectivity index (χ1n) is 18.5. The molecule has 4 heterocycles. The smallest absolute Gasteiger partial charge is 0.137 e. The molecule has 0 saturated carbocycles. The van der Waals surface area contributed by atoms with Crippen LogP contribution in [-0.2, 0) is 0 Å². The molecular weight excluding hydrogens is 689 g/mol. The van der Waals surface area contributed by atoms with Gasteiger partial charge in [-0.25, -0.2) is 0 Å². The van der Waals surface area contributed by atoms with Crippen molar-refractivity contribution in [1.82, 2.24) is 9.13 Å². The highest BCUT2D eigenvalue weighted by Gasteiger charge is 2.22. The lowest BCUT2D eigenvalue weighted by Gasteiger charge is -2.14. The van der Waals surface area contributed by atoms with Crippen molar-refractivity contribution >= 4 is 87.5 Å². The van der Waals surface area contributed by atoms with Gasteiger partial charge in [0.05, 0.1) is 56.1 Å². The number of hydrogen-bond donors (Lipinski definition) is 0. The number of para-hydroxylation sites is 4. The summed E-state index contributed by atoms with van der Waals surface area (Å²) in [6.07, 6.45) is 0. The summed E-state index contributed by atoms with van der Waals surface area (Å²) in [7, 11) is 0. The first-order chi connectivity index (χ1) is 27.7. The van der Waals surface area contributed by atoms with Gasteiger partial charge in [-0.05, 0) is 96.1 Å². The van der Waals surface area contributed by atoms with E-state index in [0.29, 0.717) is 11.1 Å². The van der Waals surface area contributed by atoms with Crippen LogP contribution in [0, 0.1) is 22.7 Å². The first kappa shape index (κ1) is 30.4. The van der Waals surface area contributed by atoms with Gasteiger partial charge in [-0.2, -0.15) is 10.5 Å². The fourth-order valence-electron chi connectivity index (χ4n) is 9.01. The maximum atomic E-state index is 10.5. The largest absolute Gasteiger partial charge is 0.456 e. The molecule has 0 amide bonds. The maximum Gasteiger partial charge on any atom is 0.137 e. The summed E-state index contributed by atoms with van der Waals surface area (Å²) in [6, 6.07) is 58.2. The van der Waals surface area contributed by atoms with Crippen LogP contribution in [0.25, 0.3) is 110 Å². The Balaban J connectivity index is 1.15. The van der Waals surface area contributed by atoms with E-state index < -0.39 is 0 Å². The van der Waals surface area contributed by atoms with Gasteiger partial charge in [-0.15, -0.1) is 0 Å². The van der Waals surface area contributed by atoms with Gasteiger partial charge < -0.3 is 18.0 Å². The molecule has 0 radical (unpaired) electrons. The summed E-state index contributed by atoms with van der Waals surface area (Å²) in [5.74, 6) is 0. The van der Waals surface area contributed by atoms with Crippen LogP contribution in [0.15, 0.2) is 167 Å². The molecule has 8 aromatic carbocycles. The van der Waals surface area contributed by atoms with Crippen molar-refractivity contribution < 1.29 is 8.83 Å². The quantitative estimate of drug-likeness (QED) is 0.182. The van der Waals surface area contributed by atoms with Crippen molar-refractivity contribution in [1.29, 1.82) is 10.5 Å². The fraction of sp³-hybridized carbons (Fsp3) is 0. The van der Waals surface area contributed by atoms with Gasteiger partial charge in [-0.3, -0.25) is 0 Å². The zero-order chi connectivity index (χ0) is 37.1. The molecule has 6 heteroatoms. The average molecular weight is 715 g/mol. The minimum atomic E-state index is 0.514. The van der Waals surface area contributed by atoms with E-state index in [1.807, 2.05) is 72.8 Å². The Bertz CT molecular complexity index is 3500. The van der Waals surface area contributed by atoms with Gasteiger partial charge in [0.15, 0.2) is 0 Å². The van der Waals surface area contributed by atoms with Crippen LogP contribution in [-0.4, -0.2) is 9.13 Å². The van der Waals surface area contributed by atoms with Crippen LogP contribution in [0.4, 0.5) is 0 Å². The summed E-state index contributed by atoms with van der Waals surface area (Å²) in [5.41, 5.74) is 11.7. The Morgan fingerprint density at radius 1 is 0.375 bits per heavy atom. The number of rotatable bonds is 3. The van der Waals surface area contributed by atoms with Gasteiger partial charge in [-0.1, -0.05) is 72.8 Å². The fourth-order valence-corrected chi connectivity index (χ4v) is 9.01. The monoisotopic (exact) mass is 714 g/mol. The van der Waals surface area contributed by atoms with E-state index in [4.69, 9.17) is 8.83 Å². The molecule has 0 aliphatic carbocycles. The minimum absolute atomic E-state index is 0.514. The van der Waals surface area contributed by atoms with Crippen LogP contribution in [0.2, 0.25) is 0 Å². The minimum Gasteiger partial charge on any atom is -0.456 e. The highest BCUT2D eigenvalue weighted by molar-refractivity contribution is 6.26. The van der Waals surface area contributed by atoms with Crippen LogP contribution in [0.5, 0.6) is 0 Å². The Morgan fingerprint density at radius 3 is 1.23 bits per heavy atom. The van der Waals surface area contributed by atoms with Crippen molar-refractivity contribution in [3.05, 3.63) is 169 Å². The second-order valence-corrected chi connectivity index (χ2v) is 14.3. The van der Waals surface area contributed by atoms with Crippen LogP contribution < -0.4 is 0 Å². The standard InChI is InChI=1S/C50H26N4O2/c51-27-29-21-31(25-33(23-29)53-41-13-5-1-9-35(41)37-17-19-45-47(49(37)53)39-11-3-7-15-43(39)55-45)32-22-30(28-52)24-34(26-32)54-42-14-6-2-10-36(42)38-18-20-46-48(50(38)54)40-12-4-8-16-44(40)56-46/h1-26H. The molecule has 56 heavy (non-hydrogen) atoms. The van der Waals surface area contributed by atoms with Gasteiger partial charge in [0, 0.05) is 43.7 Å². The number of nitrogens with zero attached hydrogens (tertiary/aromatic N) is 4. The molecule has 0 aliphatic heterocycles. The van der Waals surface area contributed by atoms with Gasteiger partial charge >= 0.3 is 0 Å².